The van der Waals surface area contributed by atoms with Gasteiger partial charge in [0.1, 0.15) is 43.2 Å². The van der Waals surface area contributed by atoms with Crippen molar-refractivity contribution in [2.24, 2.45) is 0 Å². The molecule has 15 atom stereocenters. The van der Waals surface area contributed by atoms with Crippen LogP contribution in [0.25, 0.3) is 10.8 Å². The average molecular weight is 1120 g/mol. The van der Waals surface area contributed by atoms with Crippen molar-refractivity contribution in [3.05, 3.63) is 48.0 Å². The van der Waals surface area contributed by atoms with Crippen molar-refractivity contribution in [2.75, 3.05) is 19.8 Å². The minimum absolute atomic E-state index is 0.0404. The van der Waals surface area contributed by atoms with Crippen molar-refractivity contribution < 1.29 is 109 Å². The Morgan fingerprint density at radius 1 is 0.507 bits per heavy atom. The molecule has 1 unspecified atom stereocenters. The topological polar surface area (TPSA) is 291 Å². The Morgan fingerprint density at radius 2 is 0.947 bits per heavy atom. The molecule has 6 rings (SSSR count). The zero-order valence-electron chi connectivity index (χ0n) is 42.1. The Bertz CT molecular complexity index is 2420. The fraction of sp³-hybridized carbons (Fsp3) is 0.625. The van der Waals surface area contributed by atoms with E-state index < -0.39 is 169 Å². The number of rotatable bonds is 18. The first-order valence-corrected chi connectivity index (χ1v) is 24.5. The van der Waals surface area contributed by atoms with Crippen molar-refractivity contribution in [3.63, 3.8) is 0 Å². The van der Waals surface area contributed by atoms with Gasteiger partial charge in [-0.25, -0.2) is 0 Å². The number of hydrogen-bond acceptors (Lipinski definition) is 24. The van der Waals surface area contributed by atoms with Crippen molar-refractivity contribution in [2.45, 2.75) is 171 Å². The van der Waals surface area contributed by atoms with Crippen molar-refractivity contribution in [1.82, 2.24) is 0 Å². The number of hydrogen-bond donors (Lipinski definition) is 1. The Morgan fingerprint density at radius 3 is 1.48 bits per heavy atom. The molecule has 24 nitrogen and oxygen atoms in total. The maximum Gasteiger partial charge on any atom is 0.303 e. The molecule has 2 aromatic carbocycles. The van der Waals surface area contributed by atoms with Gasteiger partial charge in [-0.3, -0.25) is 39.0 Å². The predicted molar refractivity (Wildman–Crippen MR) is 253 cm³/mol. The summed E-state index contributed by atoms with van der Waals surface area (Å²) in [6.07, 6.45) is -22.0. The van der Waals surface area contributed by atoms with E-state index in [0.29, 0.717) is 0 Å². The first kappa shape index (κ1) is 59.3. The average Bonchev–Trinajstić information content (AvgIpc) is 3.63. The highest BCUT2D eigenvalue weighted by atomic mass is 35.6. The Kier molecular flexibility index (Phi) is 20.1. The van der Waals surface area contributed by atoms with Gasteiger partial charge in [0.25, 0.3) is 3.79 Å². The molecule has 0 amide bonds. The molecule has 4 aliphatic rings. The molecule has 0 aliphatic carbocycles. The number of esters is 7. The van der Waals surface area contributed by atoms with Gasteiger partial charge < -0.3 is 75.8 Å². The van der Waals surface area contributed by atoms with E-state index in [2.05, 4.69) is 0 Å². The number of fused-ring (bicyclic) bond motifs is 2. The molecule has 27 heteroatoms. The lowest BCUT2D eigenvalue weighted by molar-refractivity contribution is -0.337. The maximum absolute atomic E-state index is 12.7. The highest BCUT2D eigenvalue weighted by molar-refractivity contribution is 6.76. The van der Waals surface area contributed by atoms with Crippen molar-refractivity contribution in [3.8, 4) is 0 Å². The molecule has 4 fully saturated rings. The minimum Gasteiger partial charge on any atom is -0.463 e. The van der Waals surface area contributed by atoms with E-state index in [0.717, 1.165) is 64.8 Å². The molecular weight excluding hydrogens is 1060 g/mol. The Labute approximate surface area is 445 Å². The third-order valence-corrected chi connectivity index (χ3v) is 12.0. The van der Waals surface area contributed by atoms with Crippen LogP contribution in [-0.2, 0) is 116 Å². The molecule has 414 valence electrons. The molecule has 1 N–H and O–H groups in total. The summed E-state index contributed by atoms with van der Waals surface area (Å²) in [5, 5.41) is 10.2. The molecule has 4 aliphatic heterocycles. The van der Waals surface area contributed by atoms with Crippen LogP contribution >= 0.6 is 34.8 Å². The summed E-state index contributed by atoms with van der Waals surface area (Å²) in [5.74, 6) is -8.36. The minimum atomic E-state index is -2.47. The lowest BCUT2D eigenvalue weighted by Gasteiger charge is -2.46. The van der Waals surface area contributed by atoms with Gasteiger partial charge in [0, 0.05) is 48.5 Å². The summed E-state index contributed by atoms with van der Waals surface area (Å²) in [7, 11) is 0. The molecule has 0 aromatic heterocycles. The lowest BCUT2D eigenvalue weighted by atomic mass is 9.97. The lowest BCUT2D eigenvalue weighted by Crippen LogP contribution is -2.64. The number of carbonyl (C=O) groups excluding carboxylic acids is 7. The van der Waals surface area contributed by atoms with Gasteiger partial charge in [0.2, 0.25) is 18.3 Å². The maximum atomic E-state index is 12.7. The van der Waals surface area contributed by atoms with Crippen LogP contribution in [0.2, 0.25) is 0 Å². The second-order valence-electron chi connectivity index (χ2n) is 18.0. The van der Waals surface area contributed by atoms with Crippen LogP contribution < -0.4 is 0 Å². The van der Waals surface area contributed by atoms with Gasteiger partial charge in [0.15, 0.2) is 48.9 Å². The van der Waals surface area contributed by atoms with Crippen molar-refractivity contribution in [1.29, 1.82) is 5.41 Å². The highest BCUT2D eigenvalue weighted by Gasteiger charge is 2.59. The van der Waals surface area contributed by atoms with E-state index in [1.165, 1.54) is 0 Å². The SMILES string of the molecule is CC(=O)OC[C@H]1O[C@@H](OC[C@H]2O[C@@H](OC[C@H]3OC(OC(=N)C(Cl)(Cl)Cl)[C@H](OC(C)=O)[C@@H](OC(C)=O)[C@H]3OC(C)=O)[C@H](OCc3ccc4ccccc4c3)[C@H]3OC(C)(C)O[C@H]32)[C@H](OC(C)=O)[C@@H](OC(C)=O)[C@H]1OC(C)=O. The summed E-state index contributed by atoms with van der Waals surface area (Å²) in [6.45, 7) is 9.03. The molecule has 4 heterocycles. The summed E-state index contributed by atoms with van der Waals surface area (Å²) in [6, 6.07) is 13.4. The van der Waals surface area contributed by atoms with Gasteiger partial charge in [-0.15, -0.1) is 0 Å². The first-order chi connectivity index (χ1) is 35.2. The molecule has 0 bridgehead atoms. The summed E-state index contributed by atoms with van der Waals surface area (Å²) >= 11 is 17.9. The summed E-state index contributed by atoms with van der Waals surface area (Å²) in [4.78, 5) is 87.3. The summed E-state index contributed by atoms with van der Waals surface area (Å²) in [5.41, 5.74) is 0.735. The van der Waals surface area contributed by atoms with E-state index in [9.17, 15) is 33.6 Å². The van der Waals surface area contributed by atoms with Gasteiger partial charge in [-0.2, -0.15) is 0 Å². The van der Waals surface area contributed by atoms with Crippen LogP contribution in [0.3, 0.4) is 0 Å². The van der Waals surface area contributed by atoms with Crippen LogP contribution in [0.15, 0.2) is 42.5 Å². The monoisotopic (exact) mass is 1120 g/mol. The Balaban J connectivity index is 1.37. The van der Waals surface area contributed by atoms with E-state index in [4.69, 9.17) is 116 Å². The van der Waals surface area contributed by atoms with E-state index in [1.807, 2.05) is 42.5 Å². The summed E-state index contributed by atoms with van der Waals surface area (Å²) < 4.78 is 93.0. The first-order valence-electron chi connectivity index (χ1n) is 23.3. The van der Waals surface area contributed by atoms with Gasteiger partial charge in [-0.1, -0.05) is 71.2 Å². The molecule has 0 saturated carbocycles. The molecule has 0 radical (unpaired) electrons. The third-order valence-electron chi connectivity index (χ3n) is 11.5. The van der Waals surface area contributed by atoms with Crippen LogP contribution in [0.1, 0.15) is 67.9 Å². The van der Waals surface area contributed by atoms with Crippen LogP contribution in [-0.4, -0.2) is 169 Å². The fourth-order valence-electron chi connectivity index (χ4n) is 8.77. The number of alkyl halides is 3. The quantitative estimate of drug-likeness (QED) is 0.0726. The second kappa shape index (κ2) is 25.4. The number of halogens is 3. The zero-order chi connectivity index (χ0) is 55.1. The fourth-order valence-corrected chi connectivity index (χ4v) is 8.91. The molecule has 75 heavy (non-hydrogen) atoms. The van der Waals surface area contributed by atoms with Crippen LogP contribution in [0.4, 0.5) is 0 Å². The van der Waals surface area contributed by atoms with Crippen molar-refractivity contribution >= 4 is 93.3 Å². The number of benzene rings is 2. The molecule has 0 spiro atoms. The molecular formula is C48H58Cl3NO23. The van der Waals surface area contributed by atoms with E-state index in [1.54, 1.807) is 13.8 Å². The van der Waals surface area contributed by atoms with Crippen LogP contribution in [0, 0.1) is 5.41 Å². The standard InChI is InChI=1S/C48H58Cl3NO23/c1-21(53)60-18-31-34(64-22(2)54)37(66-24(4)56)41(68-26(6)58)44(70-31)63-20-33-36-39(75-47(8,9)74-36)40(61-17-28-14-15-29-12-10-11-13-30(29)16-28)43(71-33)62-19-32-35(65-23(3)55)38(67-25(5)57)42(69-27(7)59)45(72-32)73-46(52)48(49,50)51/h10-16,31-45,52H,17-20H2,1-9H3/t31-,32-,33-,34+,35+,36+,37+,38+,39+,40-,41-,42-,43-,44-,45?/m1/s1. The van der Waals surface area contributed by atoms with E-state index >= 15 is 0 Å². The van der Waals surface area contributed by atoms with Gasteiger partial charge >= 0.3 is 41.8 Å². The molecule has 4 saturated heterocycles. The van der Waals surface area contributed by atoms with Crippen LogP contribution in [0.5, 0.6) is 0 Å². The zero-order valence-corrected chi connectivity index (χ0v) is 44.3. The smallest absolute Gasteiger partial charge is 0.303 e. The largest absolute Gasteiger partial charge is 0.463 e. The number of ether oxygens (including phenoxy) is 16. The van der Waals surface area contributed by atoms with Gasteiger partial charge in [0.05, 0.1) is 19.8 Å². The van der Waals surface area contributed by atoms with Gasteiger partial charge in [-0.05, 0) is 36.2 Å². The van der Waals surface area contributed by atoms with E-state index in [-0.39, 0.29) is 6.61 Å². The number of nitrogens with one attached hydrogen (secondary N) is 1. The highest BCUT2D eigenvalue weighted by Crippen LogP contribution is 2.41. The Hall–Kier alpha value is -4.99. The third kappa shape index (κ3) is 16.0. The molecule has 2 aromatic rings. The predicted octanol–water partition coefficient (Wildman–Crippen LogP) is 3.97. The number of carbonyl (C=O) groups is 7. The normalized spacial score (nSPS) is 31.2. The second-order valence-corrected chi connectivity index (χ2v) is 20.3.